The number of anilines is 2. The molecule has 44 heavy (non-hydrogen) atoms. The van der Waals surface area contributed by atoms with Gasteiger partial charge in [0.2, 0.25) is 0 Å². The van der Waals surface area contributed by atoms with Crippen LogP contribution in [0, 0.1) is 0 Å². The molecular formula is C34H47FN6O3. The van der Waals surface area contributed by atoms with Gasteiger partial charge < -0.3 is 25.0 Å². The topological polar surface area (TPSA) is 102 Å². The predicted molar refractivity (Wildman–Crippen MR) is 173 cm³/mol. The van der Waals surface area contributed by atoms with Gasteiger partial charge in [-0.15, -0.1) is 0 Å². The van der Waals surface area contributed by atoms with Crippen LogP contribution in [0.25, 0.3) is 11.1 Å². The van der Waals surface area contributed by atoms with E-state index in [4.69, 9.17) is 14.5 Å². The first kappa shape index (κ1) is 33.3. The van der Waals surface area contributed by atoms with Crippen molar-refractivity contribution in [1.29, 1.82) is 0 Å². The Hall–Kier alpha value is -3.63. The normalized spacial score (nSPS) is 14.0. The third-order valence-electron chi connectivity index (χ3n) is 7.77. The van der Waals surface area contributed by atoms with Crippen LogP contribution in [-0.2, 0) is 27.1 Å². The summed E-state index contributed by atoms with van der Waals surface area (Å²) in [6, 6.07) is 11.4. The number of rotatable bonds is 19. The minimum absolute atomic E-state index is 0.0367. The van der Waals surface area contributed by atoms with Crippen LogP contribution in [0.15, 0.2) is 55.0 Å². The Labute approximate surface area is 261 Å². The van der Waals surface area contributed by atoms with Crippen molar-refractivity contribution in [3.8, 4) is 11.1 Å². The second kappa shape index (κ2) is 18.2. The number of nitrogens with zero attached hydrogens (tertiary/aromatic N) is 4. The lowest BCUT2D eigenvalue weighted by Gasteiger charge is -2.26. The molecule has 0 aromatic carbocycles. The fourth-order valence-electron chi connectivity index (χ4n) is 5.35. The minimum atomic E-state index is -1.12. The number of unbranched alkanes of at least 4 members (excludes halogenated alkanes) is 2. The molecule has 2 atom stereocenters. The molecule has 2 N–H and O–H groups in total. The van der Waals surface area contributed by atoms with Crippen LogP contribution in [0.2, 0.25) is 0 Å². The van der Waals surface area contributed by atoms with E-state index in [1.165, 1.54) is 12.7 Å². The predicted octanol–water partition coefficient (Wildman–Crippen LogP) is 5.72. The van der Waals surface area contributed by atoms with Crippen LogP contribution in [0.5, 0.6) is 0 Å². The van der Waals surface area contributed by atoms with Crippen molar-refractivity contribution in [3.05, 3.63) is 66.2 Å². The van der Waals surface area contributed by atoms with Crippen LogP contribution < -0.4 is 10.6 Å². The maximum absolute atomic E-state index is 14.7. The van der Waals surface area contributed by atoms with Gasteiger partial charge in [0, 0.05) is 51.0 Å². The van der Waals surface area contributed by atoms with Gasteiger partial charge in [0.25, 0.3) is 0 Å². The SMILES string of the molecule is CCCCOC(=O)[C@H](CCN(CCCCc1ccc2c(n1)NCCC2)C[C@H](F)COC)Nc1cc(-c2ccncc2)ccn1. The highest BCUT2D eigenvalue weighted by molar-refractivity contribution is 5.79. The Kier molecular flexibility index (Phi) is 13.8. The number of aryl methyl sites for hydroxylation is 2. The summed E-state index contributed by atoms with van der Waals surface area (Å²) in [7, 11) is 1.51. The van der Waals surface area contributed by atoms with Gasteiger partial charge in [-0.2, -0.15) is 0 Å². The highest BCUT2D eigenvalue weighted by atomic mass is 19.1. The molecule has 3 aromatic rings. The number of hydrogen-bond acceptors (Lipinski definition) is 9. The van der Waals surface area contributed by atoms with Crippen molar-refractivity contribution in [2.24, 2.45) is 0 Å². The van der Waals surface area contributed by atoms with Crippen LogP contribution in [0.4, 0.5) is 16.0 Å². The fourth-order valence-corrected chi connectivity index (χ4v) is 5.35. The highest BCUT2D eigenvalue weighted by Crippen LogP contribution is 2.22. The highest BCUT2D eigenvalue weighted by Gasteiger charge is 2.23. The van der Waals surface area contributed by atoms with Gasteiger partial charge in [-0.25, -0.2) is 19.2 Å². The number of carbonyl (C=O) groups is 1. The number of pyridine rings is 3. The molecule has 0 saturated heterocycles. The van der Waals surface area contributed by atoms with Crippen molar-refractivity contribution in [2.45, 2.75) is 70.5 Å². The van der Waals surface area contributed by atoms with Gasteiger partial charge in [-0.1, -0.05) is 19.4 Å². The summed E-state index contributed by atoms with van der Waals surface area (Å²) < 4.78 is 25.4. The number of hydrogen-bond donors (Lipinski definition) is 2. The Morgan fingerprint density at radius 3 is 2.75 bits per heavy atom. The average molecular weight is 607 g/mol. The lowest BCUT2D eigenvalue weighted by atomic mass is 10.1. The first-order valence-corrected chi connectivity index (χ1v) is 15.9. The van der Waals surface area contributed by atoms with E-state index >= 15 is 0 Å². The quantitative estimate of drug-likeness (QED) is 0.131. The van der Waals surface area contributed by atoms with Crippen molar-refractivity contribution in [3.63, 3.8) is 0 Å². The summed E-state index contributed by atoms with van der Waals surface area (Å²) >= 11 is 0. The zero-order valence-corrected chi connectivity index (χ0v) is 26.1. The monoisotopic (exact) mass is 606 g/mol. The molecule has 0 amide bonds. The molecule has 0 spiro atoms. The molecular weight excluding hydrogens is 559 g/mol. The summed E-state index contributed by atoms with van der Waals surface area (Å²) in [5, 5.41) is 6.71. The third kappa shape index (κ3) is 10.8. The van der Waals surface area contributed by atoms with Crippen LogP contribution in [-0.4, -0.2) is 84.5 Å². The lowest BCUT2D eigenvalue weighted by Crippen LogP contribution is -2.39. The Morgan fingerprint density at radius 2 is 1.93 bits per heavy atom. The Bertz CT molecular complexity index is 1280. The lowest BCUT2D eigenvalue weighted by molar-refractivity contribution is -0.144. The molecule has 1 aliphatic heterocycles. The summed E-state index contributed by atoms with van der Waals surface area (Å²) in [6.07, 6.45) is 11.2. The average Bonchev–Trinajstić information content (AvgIpc) is 3.05. The Morgan fingerprint density at radius 1 is 1.09 bits per heavy atom. The maximum atomic E-state index is 14.7. The van der Waals surface area contributed by atoms with E-state index in [9.17, 15) is 9.18 Å². The van der Waals surface area contributed by atoms with Gasteiger partial charge in [0.1, 0.15) is 23.8 Å². The van der Waals surface area contributed by atoms with Gasteiger partial charge >= 0.3 is 5.97 Å². The number of alkyl halides is 1. The second-order valence-electron chi connectivity index (χ2n) is 11.3. The van der Waals surface area contributed by atoms with E-state index in [2.05, 4.69) is 44.6 Å². The van der Waals surface area contributed by atoms with Gasteiger partial charge in [0.05, 0.1) is 13.2 Å². The minimum Gasteiger partial charge on any atom is -0.464 e. The number of nitrogens with one attached hydrogen (secondary N) is 2. The largest absolute Gasteiger partial charge is 0.464 e. The summed E-state index contributed by atoms with van der Waals surface area (Å²) in [5.74, 6) is 1.27. The van der Waals surface area contributed by atoms with Gasteiger partial charge in [0.15, 0.2) is 0 Å². The number of ether oxygens (including phenoxy) is 2. The molecule has 9 nitrogen and oxygen atoms in total. The zero-order chi connectivity index (χ0) is 31.0. The Balaban J connectivity index is 1.37. The van der Waals surface area contributed by atoms with Crippen molar-refractivity contribution in [2.75, 3.05) is 57.1 Å². The number of carbonyl (C=O) groups excluding carboxylic acids is 1. The number of methoxy groups -OCH3 is 1. The first-order chi connectivity index (χ1) is 21.6. The number of halogens is 1. The van der Waals surface area contributed by atoms with E-state index in [0.29, 0.717) is 31.9 Å². The molecule has 0 bridgehead atoms. The summed E-state index contributed by atoms with van der Waals surface area (Å²) in [5.41, 5.74) is 4.34. The molecule has 238 valence electrons. The van der Waals surface area contributed by atoms with Crippen molar-refractivity contribution < 1.29 is 18.7 Å². The van der Waals surface area contributed by atoms with Gasteiger partial charge in [-0.3, -0.25) is 4.98 Å². The number of aromatic nitrogens is 3. The first-order valence-electron chi connectivity index (χ1n) is 15.9. The number of esters is 1. The molecule has 0 aliphatic carbocycles. The third-order valence-corrected chi connectivity index (χ3v) is 7.77. The molecule has 0 unspecified atom stereocenters. The molecule has 4 heterocycles. The molecule has 1 aliphatic rings. The molecule has 3 aromatic heterocycles. The molecule has 4 rings (SSSR count). The standard InChI is InChI=1S/C34H47FN6O3/c1-3-4-22-44-34(42)31(40-32-23-28(14-19-37-32)26-12-17-36-18-13-26)15-21-41(24-29(35)25-43-2)20-6-5-9-30-11-10-27-8-7-16-38-33(27)39-30/h10-14,17-19,23,29,31H,3-9,15-16,20-22,24-25H2,1-2H3,(H,37,40)(H,38,39)/t29-,31-/m0/s1. The van der Waals surface area contributed by atoms with Crippen molar-refractivity contribution >= 4 is 17.6 Å². The van der Waals surface area contributed by atoms with E-state index < -0.39 is 12.2 Å². The summed E-state index contributed by atoms with van der Waals surface area (Å²) in [4.78, 5) is 28.6. The van der Waals surface area contributed by atoms with Crippen LogP contribution in [0.3, 0.4) is 0 Å². The van der Waals surface area contributed by atoms with E-state index in [1.54, 1.807) is 18.6 Å². The van der Waals surface area contributed by atoms with Crippen LogP contribution >= 0.6 is 0 Å². The van der Waals surface area contributed by atoms with Crippen molar-refractivity contribution in [1.82, 2.24) is 19.9 Å². The molecule has 0 fully saturated rings. The molecule has 0 radical (unpaired) electrons. The van der Waals surface area contributed by atoms with Crippen LogP contribution in [0.1, 0.15) is 56.7 Å². The maximum Gasteiger partial charge on any atom is 0.328 e. The molecule has 0 saturated carbocycles. The smallest absolute Gasteiger partial charge is 0.328 e. The summed E-state index contributed by atoms with van der Waals surface area (Å²) in [6.45, 7) is 4.91. The number of fused-ring (bicyclic) bond motifs is 1. The van der Waals surface area contributed by atoms with E-state index in [1.807, 2.05) is 24.3 Å². The van der Waals surface area contributed by atoms with E-state index in [-0.39, 0.29) is 19.1 Å². The second-order valence-corrected chi connectivity index (χ2v) is 11.3. The fraction of sp³-hybridized carbons (Fsp3) is 0.529. The van der Waals surface area contributed by atoms with Gasteiger partial charge in [-0.05, 0) is 98.5 Å². The van der Waals surface area contributed by atoms with E-state index in [0.717, 1.165) is 74.1 Å². The zero-order valence-electron chi connectivity index (χ0n) is 26.1. The molecule has 10 heteroatoms.